The SMILES string of the molecule is C[C@]12C[C@H](O)C3[C@@H](CCC4=CC(=O)CC[C@@]43C)C1CCC2C(=O)CO. The summed E-state index contributed by atoms with van der Waals surface area (Å²) in [5, 5.41) is 20.5. The van der Waals surface area contributed by atoms with Crippen LogP contribution in [-0.4, -0.2) is 34.5 Å². The fourth-order valence-corrected chi connectivity index (χ4v) is 7.33. The molecule has 4 nitrogen and oxygen atoms in total. The highest BCUT2D eigenvalue weighted by Crippen LogP contribution is 2.66. The van der Waals surface area contributed by atoms with Crippen LogP contribution in [-0.2, 0) is 9.59 Å². The summed E-state index contributed by atoms with van der Waals surface area (Å²) in [5.74, 6) is 1.12. The van der Waals surface area contributed by atoms with E-state index in [0.717, 1.165) is 32.1 Å². The second-order valence-electron chi connectivity index (χ2n) is 9.42. The summed E-state index contributed by atoms with van der Waals surface area (Å²) in [6, 6.07) is 0. The summed E-state index contributed by atoms with van der Waals surface area (Å²) >= 11 is 0. The summed E-state index contributed by atoms with van der Waals surface area (Å²) < 4.78 is 0. The zero-order chi connectivity index (χ0) is 18.0. The van der Waals surface area contributed by atoms with E-state index in [0.29, 0.717) is 24.7 Å². The number of hydrogen-bond acceptors (Lipinski definition) is 4. The molecule has 138 valence electrons. The van der Waals surface area contributed by atoms with Gasteiger partial charge in [-0.3, -0.25) is 9.59 Å². The maximum absolute atomic E-state index is 12.3. The third kappa shape index (κ3) is 2.33. The van der Waals surface area contributed by atoms with Gasteiger partial charge in [-0.25, -0.2) is 0 Å². The number of ketones is 2. The Morgan fingerprint density at radius 1 is 1.24 bits per heavy atom. The topological polar surface area (TPSA) is 74.6 Å². The molecule has 0 aromatic heterocycles. The Morgan fingerprint density at radius 3 is 2.72 bits per heavy atom. The van der Waals surface area contributed by atoms with Crippen LogP contribution in [0.2, 0.25) is 0 Å². The zero-order valence-electron chi connectivity index (χ0n) is 15.3. The molecule has 0 bridgehead atoms. The highest BCUT2D eigenvalue weighted by molar-refractivity contribution is 5.91. The number of hydrogen-bond donors (Lipinski definition) is 2. The maximum Gasteiger partial charge on any atom is 0.161 e. The number of rotatable bonds is 2. The molecule has 3 saturated carbocycles. The quantitative estimate of drug-likeness (QED) is 0.806. The molecule has 0 spiro atoms. The van der Waals surface area contributed by atoms with E-state index in [1.807, 2.05) is 6.08 Å². The fraction of sp³-hybridized carbons (Fsp3) is 0.810. The Labute approximate surface area is 149 Å². The van der Waals surface area contributed by atoms with Crippen molar-refractivity contribution in [3.63, 3.8) is 0 Å². The molecule has 4 heteroatoms. The molecule has 7 atom stereocenters. The van der Waals surface area contributed by atoms with Gasteiger partial charge in [0.2, 0.25) is 0 Å². The summed E-state index contributed by atoms with van der Waals surface area (Å²) in [7, 11) is 0. The second-order valence-corrected chi connectivity index (χ2v) is 9.42. The van der Waals surface area contributed by atoms with Crippen molar-refractivity contribution in [2.24, 2.45) is 34.5 Å². The van der Waals surface area contributed by atoms with Crippen molar-refractivity contribution in [2.75, 3.05) is 6.61 Å². The minimum Gasteiger partial charge on any atom is -0.393 e. The first-order valence-electron chi connectivity index (χ1n) is 9.87. The molecule has 0 aliphatic heterocycles. The van der Waals surface area contributed by atoms with E-state index in [9.17, 15) is 19.8 Å². The van der Waals surface area contributed by atoms with Gasteiger partial charge >= 0.3 is 0 Å². The number of carbonyl (C=O) groups excluding carboxylic acids is 2. The molecular weight excluding hydrogens is 316 g/mol. The molecule has 3 fully saturated rings. The molecule has 0 radical (unpaired) electrons. The molecular formula is C21H30O4. The van der Waals surface area contributed by atoms with E-state index in [2.05, 4.69) is 13.8 Å². The molecule has 0 heterocycles. The monoisotopic (exact) mass is 346 g/mol. The fourth-order valence-electron chi connectivity index (χ4n) is 7.33. The molecule has 2 N–H and O–H groups in total. The van der Waals surface area contributed by atoms with Crippen molar-refractivity contribution in [3.05, 3.63) is 11.6 Å². The van der Waals surface area contributed by atoms with Crippen LogP contribution in [0.25, 0.3) is 0 Å². The summed E-state index contributed by atoms with van der Waals surface area (Å²) in [6.45, 7) is 4.03. The van der Waals surface area contributed by atoms with Crippen LogP contribution in [0, 0.1) is 34.5 Å². The Balaban J connectivity index is 1.70. The lowest BCUT2D eigenvalue weighted by Gasteiger charge is -2.59. The minimum atomic E-state index is -0.430. The van der Waals surface area contributed by atoms with Gasteiger partial charge in [0.1, 0.15) is 6.61 Å². The van der Waals surface area contributed by atoms with E-state index in [-0.39, 0.29) is 40.8 Å². The Bertz CT molecular complexity index is 638. The molecule has 0 aromatic carbocycles. The average molecular weight is 346 g/mol. The zero-order valence-corrected chi connectivity index (χ0v) is 15.3. The van der Waals surface area contributed by atoms with Crippen molar-refractivity contribution in [1.82, 2.24) is 0 Å². The van der Waals surface area contributed by atoms with Crippen LogP contribution in [0.3, 0.4) is 0 Å². The molecule has 0 aromatic rings. The summed E-state index contributed by atoms with van der Waals surface area (Å²) in [4.78, 5) is 24.2. The van der Waals surface area contributed by atoms with Gasteiger partial charge in [-0.15, -0.1) is 0 Å². The number of aliphatic hydroxyl groups is 2. The number of carbonyl (C=O) groups is 2. The van der Waals surface area contributed by atoms with Gasteiger partial charge in [-0.2, -0.15) is 0 Å². The van der Waals surface area contributed by atoms with Crippen molar-refractivity contribution in [3.8, 4) is 0 Å². The molecule has 3 unspecified atom stereocenters. The Hall–Kier alpha value is -1.00. The number of aliphatic hydroxyl groups excluding tert-OH is 2. The molecule has 25 heavy (non-hydrogen) atoms. The highest BCUT2D eigenvalue weighted by Gasteiger charge is 2.62. The van der Waals surface area contributed by atoms with Gasteiger partial charge in [0.15, 0.2) is 11.6 Å². The summed E-state index contributed by atoms with van der Waals surface area (Å²) in [6.07, 6.45) is 7.32. The van der Waals surface area contributed by atoms with Crippen LogP contribution in [0.1, 0.15) is 58.8 Å². The smallest absolute Gasteiger partial charge is 0.161 e. The van der Waals surface area contributed by atoms with Crippen molar-refractivity contribution in [1.29, 1.82) is 0 Å². The van der Waals surface area contributed by atoms with Gasteiger partial charge in [-0.1, -0.05) is 19.4 Å². The van der Waals surface area contributed by atoms with Crippen LogP contribution in [0.4, 0.5) is 0 Å². The van der Waals surface area contributed by atoms with Gasteiger partial charge in [0.05, 0.1) is 6.10 Å². The molecule has 4 aliphatic carbocycles. The molecule has 0 amide bonds. The van der Waals surface area contributed by atoms with Gasteiger partial charge in [0.25, 0.3) is 0 Å². The van der Waals surface area contributed by atoms with E-state index < -0.39 is 6.10 Å². The highest BCUT2D eigenvalue weighted by atomic mass is 16.3. The van der Waals surface area contributed by atoms with Crippen molar-refractivity contribution < 1.29 is 19.8 Å². The minimum absolute atomic E-state index is 0.0541. The molecule has 4 aliphatic rings. The first kappa shape index (κ1) is 17.4. The van der Waals surface area contributed by atoms with Gasteiger partial charge < -0.3 is 10.2 Å². The second kappa shape index (κ2) is 5.75. The summed E-state index contributed by atoms with van der Waals surface area (Å²) in [5.41, 5.74) is 0.979. The van der Waals surface area contributed by atoms with E-state index in [1.165, 1.54) is 5.57 Å². The van der Waals surface area contributed by atoms with Gasteiger partial charge in [-0.05, 0) is 73.2 Å². The van der Waals surface area contributed by atoms with E-state index in [1.54, 1.807) is 0 Å². The van der Waals surface area contributed by atoms with Crippen LogP contribution in [0.5, 0.6) is 0 Å². The molecule has 4 rings (SSSR count). The van der Waals surface area contributed by atoms with E-state index in [4.69, 9.17) is 0 Å². The number of Topliss-reactive ketones (excluding diaryl/α,β-unsaturated/α-hetero) is 1. The van der Waals surface area contributed by atoms with Crippen LogP contribution >= 0.6 is 0 Å². The first-order chi connectivity index (χ1) is 11.8. The number of fused-ring (bicyclic) bond motifs is 5. The first-order valence-corrected chi connectivity index (χ1v) is 9.87. The normalized spacial score (nSPS) is 49.0. The van der Waals surface area contributed by atoms with Crippen LogP contribution in [0.15, 0.2) is 11.6 Å². The standard InChI is InChI=1S/C21H30O4/c1-20-8-7-13(23)9-12(20)3-4-14-15-5-6-16(18(25)11-22)21(15,2)10-17(24)19(14)20/h9,14-17,19,22,24H,3-8,10-11H2,1-2H3/t14-,15?,16?,17-,19?,20-,21-/m0/s1. The third-order valence-corrected chi connectivity index (χ3v) is 8.44. The lowest BCUT2D eigenvalue weighted by Crippen LogP contribution is -2.57. The predicted molar refractivity (Wildman–Crippen MR) is 93.7 cm³/mol. The lowest BCUT2D eigenvalue weighted by molar-refractivity contribution is -0.146. The Kier molecular flexibility index (Phi) is 4.01. The van der Waals surface area contributed by atoms with Crippen molar-refractivity contribution >= 4 is 11.6 Å². The van der Waals surface area contributed by atoms with Gasteiger partial charge in [0, 0.05) is 12.3 Å². The van der Waals surface area contributed by atoms with Crippen LogP contribution < -0.4 is 0 Å². The average Bonchev–Trinajstić information content (AvgIpc) is 2.91. The Morgan fingerprint density at radius 2 is 2.00 bits per heavy atom. The lowest BCUT2D eigenvalue weighted by atomic mass is 9.46. The van der Waals surface area contributed by atoms with E-state index >= 15 is 0 Å². The third-order valence-electron chi connectivity index (χ3n) is 8.44. The predicted octanol–water partition coefficient (Wildman–Crippen LogP) is 2.67. The maximum atomic E-state index is 12.3. The number of allylic oxidation sites excluding steroid dienone is 1. The largest absolute Gasteiger partial charge is 0.393 e. The van der Waals surface area contributed by atoms with Crippen molar-refractivity contribution in [2.45, 2.75) is 64.9 Å². The molecule has 0 saturated heterocycles.